The van der Waals surface area contributed by atoms with E-state index in [1.54, 1.807) is 24.3 Å². The predicted molar refractivity (Wildman–Crippen MR) is 61.7 cm³/mol. The summed E-state index contributed by atoms with van der Waals surface area (Å²) in [4.78, 5) is 22.1. The second-order valence-corrected chi connectivity index (χ2v) is 4.04. The molecule has 1 N–H and O–H groups in total. The van der Waals surface area contributed by atoms with E-state index in [2.05, 4.69) is 5.10 Å². The first-order valence-corrected chi connectivity index (χ1v) is 5.29. The van der Waals surface area contributed by atoms with Crippen molar-refractivity contribution in [2.75, 3.05) is 0 Å². The molecule has 0 saturated heterocycles. The van der Waals surface area contributed by atoms with Crippen LogP contribution in [-0.2, 0) is 16.1 Å². The molecular formula is C11H9ClN2O3. The molecule has 6 heteroatoms. The second-order valence-electron chi connectivity index (χ2n) is 3.61. The number of hydrazone groups is 1. The zero-order valence-electron chi connectivity index (χ0n) is 8.76. The smallest absolute Gasteiger partial charge is 0.352 e. The Labute approximate surface area is 102 Å². The monoisotopic (exact) mass is 252 g/mol. The molecule has 1 aromatic rings. The Morgan fingerprint density at radius 2 is 2.06 bits per heavy atom. The quantitative estimate of drug-likeness (QED) is 0.887. The first-order chi connectivity index (χ1) is 8.06. The molecule has 0 saturated carbocycles. The van der Waals surface area contributed by atoms with Crippen molar-refractivity contribution < 1.29 is 14.7 Å². The maximum atomic E-state index is 11.5. The standard InChI is InChI=1S/C11H9ClN2O3/c12-8-3-1-7(2-4-8)6-14-10(15)5-9(13-14)11(16)17/h1-4H,5-6H2,(H,16,17). The van der Waals surface area contributed by atoms with Gasteiger partial charge in [-0.2, -0.15) is 5.10 Å². The topological polar surface area (TPSA) is 70.0 Å². The van der Waals surface area contributed by atoms with Crippen molar-refractivity contribution >= 4 is 29.2 Å². The third-order valence-electron chi connectivity index (χ3n) is 2.34. The van der Waals surface area contributed by atoms with Gasteiger partial charge in [-0.3, -0.25) is 4.79 Å². The summed E-state index contributed by atoms with van der Waals surface area (Å²) in [6.45, 7) is 0.257. The summed E-state index contributed by atoms with van der Waals surface area (Å²) < 4.78 is 0. The predicted octanol–water partition coefficient (Wildman–Crippen LogP) is 1.51. The van der Waals surface area contributed by atoms with Gasteiger partial charge in [0.25, 0.3) is 0 Å². The van der Waals surface area contributed by atoms with Crippen LogP contribution in [0.5, 0.6) is 0 Å². The first-order valence-electron chi connectivity index (χ1n) is 4.92. The lowest BCUT2D eigenvalue weighted by Gasteiger charge is -2.11. The molecule has 1 aliphatic rings. The van der Waals surface area contributed by atoms with Crippen LogP contribution >= 0.6 is 11.6 Å². The fourth-order valence-corrected chi connectivity index (χ4v) is 1.60. The maximum Gasteiger partial charge on any atom is 0.352 e. The lowest BCUT2D eigenvalue weighted by molar-refractivity contribution is -0.131. The number of carboxylic acid groups (broad SMARTS) is 1. The Kier molecular flexibility index (Phi) is 3.10. The van der Waals surface area contributed by atoms with Gasteiger partial charge in [-0.05, 0) is 17.7 Å². The Morgan fingerprint density at radius 3 is 2.59 bits per heavy atom. The van der Waals surface area contributed by atoms with Gasteiger partial charge in [0.2, 0.25) is 5.91 Å². The average Bonchev–Trinajstić information content (AvgIpc) is 2.64. The molecule has 1 amide bonds. The highest BCUT2D eigenvalue weighted by atomic mass is 35.5. The fourth-order valence-electron chi connectivity index (χ4n) is 1.48. The van der Waals surface area contributed by atoms with E-state index in [4.69, 9.17) is 16.7 Å². The molecule has 0 spiro atoms. The number of benzene rings is 1. The molecule has 0 unspecified atom stereocenters. The number of rotatable bonds is 3. The normalized spacial score (nSPS) is 15.0. The molecule has 1 aromatic carbocycles. The maximum absolute atomic E-state index is 11.5. The van der Waals surface area contributed by atoms with Crippen molar-refractivity contribution in [2.24, 2.45) is 5.10 Å². The fraction of sp³-hybridized carbons (Fsp3) is 0.182. The van der Waals surface area contributed by atoms with Crippen LogP contribution in [0.3, 0.4) is 0 Å². The Morgan fingerprint density at radius 1 is 1.41 bits per heavy atom. The third-order valence-corrected chi connectivity index (χ3v) is 2.59. The van der Waals surface area contributed by atoms with Gasteiger partial charge in [0.15, 0.2) is 5.71 Å². The summed E-state index contributed by atoms with van der Waals surface area (Å²) >= 11 is 5.74. The number of hydrogen-bond acceptors (Lipinski definition) is 3. The molecule has 0 atom stereocenters. The van der Waals surface area contributed by atoms with Crippen LogP contribution in [0.15, 0.2) is 29.4 Å². The van der Waals surface area contributed by atoms with Gasteiger partial charge in [-0.25, -0.2) is 9.80 Å². The third kappa shape index (κ3) is 2.62. The summed E-state index contributed by atoms with van der Waals surface area (Å²) in [5.74, 6) is -1.46. The molecule has 17 heavy (non-hydrogen) atoms. The Hall–Kier alpha value is -1.88. The molecule has 1 aliphatic heterocycles. The zero-order valence-corrected chi connectivity index (χ0v) is 9.52. The van der Waals surface area contributed by atoms with Crippen molar-refractivity contribution in [3.63, 3.8) is 0 Å². The molecule has 0 radical (unpaired) electrons. The van der Waals surface area contributed by atoms with E-state index < -0.39 is 5.97 Å². The number of aliphatic carboxylic acids is 1. The number of carbonyl (C=O) groups excluding carboxylic acids is 1. The van der Waals surface area contributed by atoms with Crippen LogP contribution < -0.4 is 0 Å². The van der Waals surface area contributed by atoms with E-state index in [9.17, 15) is 9.59 Å². The van der Waals surface area contributed by atoms with Crippen LogP contribution in [0.4, 0.5) is 0 Å². The van der Waals surface area contributed by atoms with E-state index in [-0.39, 0.29) is 24.6 Å². The van der Waals surface area contributed by atoms with Crippen molar-refractivity contribution in [3.05, 3.63) is 34.9 Å². The number of halogens is 1. The molecule has 2 rings (SSSR count). The summed E-state index contributed by atoms with van der Waals surface area (Å²) in [5, 5.41) is 14.2. The molecule has 0 fully saturated rings. The number of carboxylic acids is 1. The van der Waals surface area contributed by atoms with Crippen LogP contribution in [-0.4, -0.2) is 27.7 Å². The van der Waals surface area contributed by atoms with Gasteiger partial charge in [0.05, 0.1) is 13.0 Å². The van der Waals surface area contributed by atoms with Gasteiger partial charge in [0, 0.05) is 5.02 Å². The SMILES string of the molecule is O=C(O)C1=NN(Cc2ccc(Cl)cc2)C(=O)C1. The zero-order chi connectivity index (χ0) is 12.4. The lowest BCUT2D eigenvalue weighted by Crippen LogP contribution is -2.20. The Balaban J connectivity index is 2.11. The number of nitrogens with zero attached hydrogens (tertiary/aromatic N) is 2. The lowest BCUT2D eigenvalue weighted by atomic mass is 10.2. The van der Waals surface area contributed by atoms with Crippen LogP contribution in [0.1, 0.15) is 12.0 Å². The van der Waals surface area contributed by atoms with Gasteiger partial charge in [-0.15, -0.1) is 0 Å². The molecule has 5 nitrogen and oxygen atoms in total. The van der Waals surface area contributed by atoms with Crippen LogP contribution in [0.25, 0.3) is 0 Å². The van der Waals surface area contributed by atoms with Crippen molar-refractivity contribution in [1.29, 1.82) is 0 Å². The molecule has 1 heterocycles. The van der Waals surface area contributed by atoms with Crippen LogP contribution in [0.2, 0.25) is 5.02 Å². The molecule has 88 valence electrons. The minimum Gasteiger partial charge on any atom is -0.477 e. The number of hydrogen-bond donors (Lipinski definition) is 1. The van der Waals surface area contributed by atoms with Gasteiger partial charge >= 0.3 is 5.97 Å². The average molecular weight is 253 g/mol. The number of carbonyl (C=O) groups is 2. The minimum atomic E-state index is -1.16. The Bertz CT molecular complexity index is 496. The first kappa shape index (κ1) is 11.6. The summed E-state index contributed by atoms with van der Waals surface area (Å²) in [5.41, 5.74) is 0.724. The largest absolute Gasteiger partial charge is 0.477 e. The molecular weight excluding hydrogens is 244 g/mol. The van der Waals surface area contributed by atoms with E-state index in [1.807, 2.05) is 0 Å². The van der Waals surface area contributed by atoms with Gasteiger partial charge < -0.3 is 5.11 Å². The van der Waals surface area contributed by atoms with Gasteiger partial charge in [0.1, 0.15) is 0 Å². The molecule has 0 aliphatic carbocycles. The minimum absolute atomic E-state index is 0.121. The van der Waals surface area contributed by atoms with E-state index in [0.717, 1.165) is 10.6 Å². The summed E-state index contributed by atoms with van der Waals surface area (Å²) in [6.07, 6.45) is -0.150. The summed E-state index contributed by atoms with van der Waals surface area (Å²) in [6, 6.07) is 6.95. The second kappa shape index (κ2) is 4.55. The number of amides is 1. The summed E-state index contributed by atoms with van der Waals surface area (Å²) in [7, 11) is 0. The highest BCUT2D eigenvalue weighted by molar-refractivity contribution is 6.40. The molecule has 0 aromatic heterocycles. The molecule has 0 bridgehead atoms. The highest BCUT2D eigenvalue weighted by Crippen LogP contribution is 2.15. The van der Waals surface area contributed by atoms with Crippen molar-refractivity contribution in [2.45, 2.75) is 13.0 Å². The van der Waals surface area contributed by atoms with Crippen molar-refractivity contribution in [1.82, 2.24) is 5.01 Å². The highest BCUT2D eigenvalue weighted by Gasteiger charge is 2.27. The van der Waals surface area contributed by atoms with E-state index >= 15 is 0 Å². The van der Waals surface area contributed by atoms with Gasteiger partial charge in [-0.1, -0.05) is 23.7 Å². The van der Waals surface area contributed by atoms with E-state index in [1.165, 1.54) is 0 Å². The van der Waals surface area contributed by atoms with E-state index in [0.29, 0.717) is 5.02 Å². The van der Waals surface area contributed by atoms with Crippen molar-refractivity contribution in [3.8, 4) is 0 Å². The van der Waals surface area contributed by atoms with Crippen LogP contribution in [0, 0.1) is 0 Å².